The van der Waals surface area contributed by atoms with Gasteiger partial charge in [-0.2, -0.15) is 0 Å². The molecule has 2 fully saturated rings. The highest BCUT2D eigenvalue weighted by Crippen LogP contribution is 2.36. The maximum Gasteiger partial charge on any atom is 0.407 e. The van der Waals surface area contributed by atoms with Crippen molar-refractivity contribution in [3.8, 4) is 33.9 Å². The fourth-order valence-corrected chi connectivity index (χ4v) is 7.38. The molecule has 0 spiro atoms. The molecule has 3 amide bonds. The van der Waals surface area contributed by atoms with Gasteiger partial charge in [-0.25, -0.2) is 29.1 Å². The SMILES string of the molecule is COC(=O)C[C@H](C(=O)N1CCC[C@H]1c1ncc(-c2cnc(-c3ccc(-c4cnc([C@@H]5CCCN5C(=O)[C@@H](NC(=O)OC)C(C)C)[nH]4)c(F)c3)nc2)[nH]1)C(C)C. The second kappa shape index (κ2) is 16.8. The minimum absolute atomic E-state index is 0.0294. The Morgan fingerprint density at radius 3 is 1.96 bits per heavy atom. The van der Waals surface area contributed by atoms with Gasteiger partial charge < -0.3 is 34.6 Å². The lowest BCUT2D eigenvalue weighted by molar-refractivity contribution is -0.148. The van der Waals surface area contributed by atoms with E-state index in [1.165, 1.54) is 20.3 Å². The van der Waals surface area contributed by atoms with Crippen LogP contribution in [0, 0.1) is 23.6 Å². The molecule has 0 aliphatic carbocycles. The molecule has 0 bridgehead atoms. The zero-order valence-electron chi connectivity index (χ0n) is 32.0. The molecular weight excluding hydrogens is 709 g/mol. The molecule has 5 heterocycles. The number of ether oxygens (including phenoxy) is 2. The lowest BCUT2D eigenvalue weighted by atomic mass is 9.91. The summed E-state index contributed by atoms with van der Waals surface area (Å²) in [6.45, 7) is 8.65. The van der Waals surface area contributed by atoms with Crippen molar-refractivity contribution in [3.05, 3.63) is 60.5 Å². The average Bonchev–Trinajstić information content (AvgIpc) is 4.02. The van der Waals surface area contributed by atoms with E-state index in [4.69, 9.17) is 9.47 Å². The summed E-state index contributed by atoms with van der Waals surface area (Å²) in [6, 6.07) is 3.38. The fraction of sp³-hybridized carbons (Fsp3) is 0.487. The number of carbonyl (C=O) groups is 4. The van der Waals surface area contributed by atoms with Crippen LogP contribution in [0.1, 0.15) is 83.5 Å². The first-order valence-electron chi connectivity index (χ1n) is 18.6. The minimum atomic E-state index is -0.759. The highest BCUT2D eigenvalue weighted by molar-refractivity contribution is 5.86. The molecule has 0 saturated carbocycles. The van der Waals surface area contributed by atoms with E-state index >= 15 is 4.39 Å². The number of likely N-dealkylation sites (tertiary alicyclic amines) is 2. The number of esters is 1. The second-order valence-corrected chi connectivity index (χ2v) is 14.7. The predicted molar refractivity (Wildman–Crippen MR) is 199 cm³/mol. The van der Waals surface area contributed by atoms with Crippen LogP contribution in [0.2, 0.25) is 0 Å². The monoisotopic (exact) mass is 757 g/mol. The Hall–Kier alpha value is -5.67. The molecule has 16 heteroatoms. The van der Waals surface area contributed by atoms with Crippen LogP contribution in [0.15, 0.2) is 43.0 Å². The van der Waals surface area contributed by atoms with Crippen LogP contribution in [-0.2, 0) is 23.9 Å². The summed E-state index contributed by atoms with van der Waals surface area (Å²) in [5.41, 5.74) is 2.59. The van der Waals surface area contributed by atoms with Gasteiger partial charge in [-0.05, 0) is 49.7 Å². The summed E-state index contributed by atoms with van der Waals surface area (Å²) in [7, 11) is 2.58. The van der Waals surface area contributed by atoms with E-state index in [0.717, 1.165) is 19.3 Å². The number of hydrogen-bond acceptors (Lipinski definition) is 10. The first kappa shape index (κ1) is 39.0. The molecule has 3 aromatic heterocycles. The summed E-state index contributed by atoms with van der Waals surface area (Å²) >= 11 is 0. The van der Waals surface area contributed by atoms with Gasteiger partial charge in [0.25, 0.3) is 0 Å². The lowest BCUT2D eigenvalue weighted by Crippen LogP contribution is -2.51. The van der Waals surface area contributed by atoms with E-state index in [9.17, 15) is 19.2 Å². The van der Waals surface area contributed by atoms with Crippen molar-refractivity contribution in [2.24, 2.45) is 17.8 Å². The number of aromatic nitrogens is 6. The molecule has 3 N–H and O–H groups in total. The molecular formula is C39H48FN9O6. The number of nitrogens with zero attached hydrogens (tertiary/aromatic N) is 6. The Morgan fingerprint density at radius 1 is 0.800 bits per heavy atom. The number of benzene rings is 1. The van der Waals surface area contributed by atoms with E-state index in [1.54, 1.807) is 46.7 Å². The third-order valence-corrected chi connectivity index (χ3v) is 10.5. The van der Waals surface area contributed by atoms with Crippen molar-refractivity contribution >= 4 is 23.9 Å². The first-order valence-corrected chi connectivity index (χ1v) is 18.6. The van der Waals surface area contributed by atoms with Crippen molar-refractivity contribution < 1.29 is 33.0 Å². The fourth-order valence-electron chi connectivity index (χ4n) is 7.38. The molecule has 292 valence electrons. The Kier molecular flexibility index (Phi) is 11.9. The number of imidazole rings is 2. The quantitative estimate of drug-likeness (QED) is 0.153. The topological polar surface area (TPSA) is 188 Å². The highest BCUT2D eigenvalue weighted by Gasteiger charge is 2.39. The maximum absolute atomic E-state index is 15.6. The number of nitrogens with one attached hydrogen (secondary N) is 3. The van der Waals surface area contributed by atoms with Gasteiger partial charge >= 0.3 is 12.1 Å². The van der Waals surface area contributed by atoms with Gasteiger partial charge in [-0.3, -0.25) is 14.4 Å². The molecule has 0 unspecified atom stereocenters. The number of alkyl carbamates (subject to hydrolysis) is 1. The van der Waals surface area contributed by atoms with Gasteiger partial charge in [0.15, 0.2) is 5.82 Å². The summed E-state index contributed by atoms with van der Waals surface area (Å²) in [5.74, 6) is -0.386. The molecule has 4 atom stereocenters. The van der Waals surface area contributed by atoms with E-state index < -0.39 is 29.8 Å². The summed E-state index contributed by atoms with van der Waals surface area (Å²) in [4.78, 5) is 79.2. The molecule has 55 heavy (non-hydrogen) atoms. The largest absolute Gasteiger partial charge is 0.469 e. The Morgan fingerprint density at radius 2 is 1.40 bits per heavy atom. The van der Waals surface area contributed by atoms with Gasteiger partial charge in [-0.15, -0.1) is 0 Å². The normalized spacial score (nSPS) is 18.1. The van der Waals surface area contributed by atoms with Crippen LogP contribution in [0.5, 0.6) is 0 Å². The van der Waals surface area contributed by atoms with Crippen LogP contribution in [0.4, 0.5) is 9.18 Å². The van der Waals surface area contributed by atoms with Gasteiger partial charge in [0.05, 0.1) is 62.4 Å². The maximum atomic E-state index is 15.6. The van der Waals surface area contributed by atoms with Crippen molar-refractivity contribution in [1.29, 1.82) is 0 Å². The number of carbonyl (C=O) groups excluding carboxylic acids is 4. The number of hydrogen-bond donors (Lipinski definition) is 3. The summed E-state index contributed by atoms with van der Waals surface area (Å²) in [5, 5.41) is 2.64. The molecule has 2 saturated heterocycles. The molecule has 4 aromatic rings. The van der Waals surface area contributed by atoms with Gasteiger partial charge in [-0.1, -0.05) is 33.8 Å². The van der Waals surface area contributed by atoms with E-state index in [2.05, 4.69) is 35.2 Å². The van der Waals surface area contributed by atoms with Crippen LogP contribution in [-0.4, -0.2) is 96.9 Å². The first-order chi connectivity index (χ1) is 26.4. The summed E-state index contributed by atoms with van der Waals surface area (Å²) < 4.78 is 25.2. The Bertz CT molecular complexity index is 2010. The number of aromatic amines is 2. The Balaban J connectivity index is 1.13. The van der Waals surface area contributed by atoms with Crippen LogP contribution < -0.4 is 5.32 Å². The highest BCUT2D eigenvalue weighted by atomic mass is 19.1. The summed E-state index contributed by atoms with van der Waals surface area (Å²) in [6.07, 6.45) is 8.85. The van der Waals surface area contributed by atoms with Crippen LogP contribution in [0.25, 0.3) is 33.9 Å². The predicted octanol–water partition coefficient (Wildman–Crippen LogP) is 5.61. The smallest absolute Gasteiger partial charge is 0.407 e. The van der Waals surface area contributed by atoms with Crippen molar-refractivity contribution in [2.75, 3.05) is 27.3 Å². The molecule has 2 aliphatic rings. The van der Waals surface area contributed by atoms with Gasteiger partial charge in [0, 0.05) is 42.2 Å². The average molecular weight is 758 g/mol. The number of halogens is 1. The van der Waals surface area contributed by atoms with Gasteiger partial charge in [0.2, 0.25) is 11.8 Å². The van der Waals surface area contributed by atoms with Crippen molar-refractivity contribution in [2.45, 2.75) is 77.9 Å². The van der Waals surface area contributed by atoms with E-state index in [0.29, 0.717) is 65.1 Å². The molecule has 15 nitrogen and oxygen atoms in total. The molecule has 2 aliphatic heterocycles. The number of H-pyrrole nitrogens is 2. The second-order valence-electron chi connectivity index (χ2n) is 14.7. The zero-order chi connectivity index (χ0) is 39.4. The Labute approximate surface area is 318 Å². The standard InChI is InChI=1S/C39H48FN9O6/c1-21(2)26(16-32(50)54-5)37(51)48-13-7-9-30(48)35-43-19-28(45-35)24-17-41-34(42-18-24)23-11-12-25(27(40)15-23)29-20-44-36(46-29)31-10-8-14-49(31)38(52)33(22(3)4)47-39(53)55-6/h11-12,15,17-22,26,30-31,33H,7-10,13-14,16H2,1-6H3,(H,43,45)(H,44,46)(H,47,53)/t26-,30-,31-,33-/m0/s1. The number of amides is 3. The van der Waals surface area contributed by atoms with Crippen molar-refractivity contribution in [1.82, 2.24) is 45.0 Å². The van der Waals surface area contributed by atoms with E-state index in [-0.39, 0.29) is 42.2 Å². The third-order valence-electron chi connectivity index (χ3n) is 10.5. The third kappa shape index (κ3) is 8.37. The zero-order valence-corrected chi connectivity index (χ0v) is 32.0. The van der Waals surface area contributed by atoms with Crippen molar-refractivity contribution in [3.63, 3.8) is 0 Å². The molecule has 1 aromatic carbocycles. The van der Waals surface area contributed by atoms with Crippen LogP contribution in [0.3, 0.4) is 0 Å². The van der Waals surface area contributed by atoms with E-state index in [1.807, 2.05) is 27.7 Å². The lowest BCUT2D eigenvalue weighted by Gasteiger charge is -2.30. The molecule has 6 rings (SSSR count). The number of rotatable bonds is 12. The van der Waals surface area contributed by atoms with Crippen LogP contribution >= 0.6 is 0 Å². The van der Waals surface area contributed by atoms with Gasteiger partial charge in [0.1, 0.15) is 23.5 Å². The molecule has 0 radical (unpaired) electrons. The number of methoxy groups -OCH3 is 2. The minimum Gasteiger partial charge on any atom is -0.469 e.